The lowest BCUT2D eigenvalue weighted by Crippen LogP contribution is -2.45. The van der Waals surface area contributed by atoms with Crippen molar-refractivity contribution in [3.63, 3.8) is 0 Å². The van der Waals surface area contributed by atoms with E-state index in [-0.39, 0.29) is 5.91 Å². The van der Waals surface area contributed by atoms with Crippen LogP contribution in [0.25, 0.3) is 0 Å². The summed E-state index contributed by atoms with van der Waals surface area (Å²) >= 11 is 0. The van der Waals surface area contributed by atoms with Crippen molar-refractivity contribution in [2.75, 3.05) is 6.54 Å². The Labute approximate surface area is 88.1 Å². The molecule has 82 valence electrons. The highest BCUT2D eigenvalue weighted by molar-refractivity contribution is 6.05. The minimum Gasteiger partial charge on any atom is -0.274 e. The molecule has 0 saturated carbocycles. The molecule has 5 nitrogen and oxygen atoms in total. The average Bonchev–Trinajstić information content (AvgIpc) is 2.42. The maximum absolute atomic E-state index is 11.5. The van der Waals surface area contributed by atoms with E-state index in [9.17, 15) is 14.4 Å². The minimum atomic E-state index is -0.646. The summed E-state index contributed by atoms with van der Waals surface area (Å²) in [6, 6.07) is -0.646. The first-order valence-electron chi connectivity index (χ1n) is 4.93. The van der Waals surface area contributed by atoms with Crippen LogP contribution in [0.1, 0.15) is 25.7 Å². The molecule has 1 fully saturated rings. The van der Waals surface area contributed by atoms with Gasteiger partial charge in [-0.15, -0.1) is 0 Å². The number of nitrogens with one attached hydrogen (secondary N) is 1. The number of urea groups is 1. The quantitative estimate of drug-likeness (QED) is 0.651. The zero-order chi connectivity index (χ0) is 11.3. The molecule has 0 aliphatic carbocycles. The molecular formula is C10H14N2O3. The standard InChI is InChI=1S/C10H14N2O3/c1-2-8(13)11-10(15)12-7-5-3-4-6-9(12)14/h2H,1,3-7H2,(H,11,13,15). The molecule has 0 spiro atoms. The monoisotopic (exact) mass is 210 g/mol. The SMILES string of the molecule is C=CC(=O)NC(=O)N1CCCCCC1=O. The molecule has 15 heavy (non-hydrogen) atoms. The first-order chi connectivity index (χ1) is 7.15. The predicted molar refractivity (Wildman–Crippen MR) is 53.9 cm³/mol. The lowest BCUT2D eigenvalue weighted by molar-refractivity contribution is -0.127. The minimum absolute atomic E-state index is 0.220. The summed E-state index contributed by atoms with van der Waals surface area (Å²) in [5.74, 6) is -0.807. The molecule has 0 unspecified atom stereocenters. The fourth-order valence-corrected chi connectivity index (χ4v) is 1.42. The van der Waals surface area contributed by atoms with Gasteiger partial charge < -0.3 is 0 Å². The van der Waals surface area contributed by atoms with Gasteiger partial charge in [-0.2, -0.15) is 0 Å². The van der Waals surface area contributed by atoms with Gasteiger partial charge in [0.05, 0.1) is 0 Å². The van der Waals surface area contributed by atoms with Gasteiger partial charge in [0.2, 0.25) is 5.91 Å². The van der Waals surface area contributed by atoms with E-state index >= 15 is 0 Å². The lowest BCUT2D eigenvalue weighted by Gasteiger charge is -2.17. The summed E-state index contributed by atoms with van der Waals surface area (Å²) in [6.07, 6.45) is 3.90. The summed E-state index contributed by atoms with van der Waals surface area (Å²) in [4.78, 5) is 34.9. The van der Waals surface area contributed by atoms with Gasteiger partial charge in [-0.1, -0.05) is 13.0 Å². The summed E-state index contributed by atoms with van der Waals surface area (Å²) in [5, 5.41) is 2.07. The molecule has 1 aliphatic heterocycles. The van der Waals surface area contributed by atoms with E-state index in [0.717, 1.165) is 30.2 Å². The molecule has 1 aliphatic rings. The Morgan fingerprint density at radius 1 is 1.33 bits per heavy atom. The highest BCUT2D eigenvalue weighted by Crippen LogP contribution is 2.10. The molecule has 0 atom stereocenters. The first kappa shape index (κ1) is 11.4. The summed E-state index contributed by atoms with van der Waals surface area (Å²) < 4.78 is 0. The second kappa shape index (κ2) is 5.29. The number of hydrogen-bond donors (Lipinski definition) is 1. The van der Waals surface area contributed by atoms with Gasteiger partial charge in [-0.05, 0) is 18.9 Å². The third-order valence-electron chi connectivity index (χ3n) is 2.23. The van der Waals surface area contributed by atoms with Crippen LogP contribution in [0.5, 0.6) is 0 Å². The van der Waals surface area contributed by atoms with Crippen LogP contribution < -0.4 is 5.32 Å². The van der Waals surface area contributed by atoms with Gasteiger partial charge in [0, 0.05) is 13.0 Å². The van der Waals surface area contributed by atoms with Crippen LogP contribution in [0.3, 0.4) is 0 Å². The van der Waals surface area contributed by atoms with Gasteiger partial charge in [-0.25, -0.2) is 4.79 Å². The van der Waals surface area contributed by atoms with Crippen molar-refractivity contribution in [2.24, 2.45) is 0 Å². The fraction of sp³-hybridized carbons (Fsp3) is 0.500. The van der Waals surface area contributed by atoms with E-state index < -0.39 is 11.9 Å². The molecule has 1 rings (SSSR count). The van der Waals surface area contributed by atoms with E-state index in [1.165, 1.54) is 0 Å². The van der Waals surface area contributed by atoms with E-state index in [4.69, 9.17) is 0 Å². The Kier molecular flexibility index (Phi) is 4.03. The number of imide groups is 2. The molecule has 1 saturated heterocycles. The maximum atomic E-state index is 11.5. The third-order valence-corrected chi connectivity index (χ3v) is 2.23. The van der Waals surface area contributed by atoms with Crippen molar-refractivity contribution in [1.29, 1.82) is 0 Å². The normalized spacial score (nSPS) is 16.8. The number of rotatable bonds is 1. The van der Waals surface area contributed by atoms with Crippen LogP contribution in [-0.2, 0) is 9.59 Å². The van der Waals surface area contributed by atoms with E-state index in [1.807, 2.05) is 0 Å². The zero-order valence-electron chi connectivity index (χ0n) is 8.49. The van der Waals surface area contributed by atoms with E-state index in [0.29, 0.717) is 13.0 Å². The number of hydrogen-bond acceptors (Lipinski definition) is 3. The number of amides is 4. The number of carbonyl (C=O) groups is 3. The highest BCUT2D eigenvalue weighted by atomic mass is 16.2. The fourth-order valence-electron chi connectivity index (χ4n) is 1.42. The Hall–Kier alpha value is -1.65. The molecule has 5 heteroatoms. The molecular weight excluding hydrogens is 196 g/mol. The topological polar surface area (TPSA) is 66.5 Å². The van der Waals surface area contributed by atoms with Gasteiger partial charge in [0.1, 0.15) is 0 Å². The van der Waals surface area contributed by atoms with Gasteiger partial charge in [0.25, 0.3) is 5.91 Å². The zero-order valence-corrected chi connectivity index (χ0v) is 8.49. The smallest absolute Gasteiger partial charge is 0.274 e. The predicted octanol–water partition coefficient (Wildman–Crippen LogP) is 0.811. The van der Waals surface area contributed by atoms with Crippen LogP contribution in [-0.4, -0.2) is 29.3 Å². The van der Waals surface area contributed by atoms with Crippen molar-refractivity contribution in [2.45, 2.75) is 25.7 Å². The van der Waals surface area contributed by atoms with E-state index in [2.05, 4.69) is 11.9 Å². The lowest BCUT2D eigenvalue weighted by atomic mass is 10.2. The van der Waals surface area contributed by atoms with Gasteiger partial charge >= 0.3 is 6.03 Å². The van der Waals surface area contributed by atoms with Crippen LogP contribution in [0.4, 0.5) is 4.79 Å². The number of carbonyl (C=O) groups excluding carboxylic acids is 3. The van der Waals surface area contributed by atoms with Crippen molar-refractivity contribution < 1.29 is 14.4 Å². The largest absolute Gasteiger partial charge is 0.330 e. The Bertz CT molecular complexity index is 299. The maximum Gasteiger partial charge on any atom is 0.330 e. The Morgan fingerprint density at radius 3 is 2.73 bits per heavy atom. The first-order valence-corrected chi connectivity index (χ1v) is 4.93. The summed E-state index contributed by atoms with van der Waals surface area (Å²) in [5.41, 5.74) is 0. The molecule has 0 aromatic rings. The highest BCUT2D eigenvalue weighted by Gasteiger charge is 2.23. The van der Waals surface area contributed by atoms with Crippen molar-refractivity contribution in [3.05, 3.63) is 12.7 Å². The molecule has 1 N–H and O–H groups in total. The van der Waals surface area contributed by atoms with Crippen molar-refractivity contribution >= 4 is 17.8 Å². The van der Waals surface area contributed by atoms with Crippen LogP contribution in [0.15, 0.2) is 12.7 Å². The van der Waals surface area contributed by atoms with Gasteiger partial charge in [-0.3, -0.25) is 19.8 Å². The van der Waals surface area contributed by atoms with Crippen LogP contribution in [0.2, 0.25) is 0 Å². The third kappa shape index (κ3) is 3.19. The van der Waals surface area contributed by atoms with Crippen LogP contribution >= 0.6 is 0 Å². The second-order valence-electron chi connectivity index (χ2n) is 3.35. The molecule has 0 radical (unpaired) electrons. The molecule has 1 heterocycles. The van der Waals surface area contributed by atoms with Gasteiger partial charge in [0.15, 0.2) is 0 Å². The van der Waals surface area contributed by atoms with Crippen LogP contribution in [0, 0.1) is 0 Å². The molecule has 4 amide bonds. The number of likely N-dealkylation sites (tertiary alicyclic amines) is 1. The van der Waals surface area contributed by atoms with Crippen molar-refractivity contribution in [3.8, 4) is 0 Å². The summed E-state index contributed by atoms with van der Waals surface area (Å²) in [6.45, 7) is 3.61. The molecule has 0 bridgehead atoms. The average molecular weight is 210 g/mol. The molecule has 0 aromatic carbocycles. The number of nitrogens with zero attached hydrogens (tertiary/aromatic N) is 1. The second-order valence-corrected chi connectivity index (χ2v) is 3.35. The molecule has 0 aromatic heterocycles. The van der Waals surface area contributed by atoms with E-state index in [1.54, 1.807) is 0 Å². The Morgan fingerprint density at radius 2 is 2.07 bits per heavy atom. The Balaban J connectivity index is 2.59. The van der Waals surface area contributed by atoms with Crippen molar-refractivity contribution in [1.82, 2.24) is 10.2 Å². The summed E-state index contributed by atoms with van der Waals surface area (Å²) in [7, 11) is 0.